The molecule has 9 nitrogen and oxygen atoms in total. The van der Waals surface area contributed by atoms with Crippen molar-refractivity contribution in [2.24, 2.45) is 5.10 Å². The van der Waals surface area contributed by atoms with Crippen LogP contribution in [0, 0.1) is 17.0 Å². The van der Waals surface area contributed by atoms with Gasteiger partial charge in [0.05, 0.1) is 16.7 Å². The van der Waals surface area contributed by atoms with Gasteiger partial charge in [0.15, 0.2) is 6.61 Å². The molecule has 1 amide bonds. The number of nitrogens with zero attached hydrogens (tertiary/aromatic N) is 2. The first-order valence-corrected chi connectivity index (χ1v) is 10.9. The molecule has 3 rings (SSSR count). The standard InChI is InChI=1S/C26H25N3O6/c1-17(2)20-10-13-23(18(3)14-20)34-16-25(30)28-27-15-21-6-4-5-7-24(21)35-26(31)19-8-11-22(12-9-19)29(32)33/h4-15,17H,16H2,1-3H3,(H,28,30)/b27-15-. The topological polar surface area (TPSA) is 120 Å². The van der Waals surface area contributed by atoms with Gasteiger partial charge in [-0.15, -0.1) is 0 Å². The second-order valence-corrected chi connectivity index (χ2v) is 7.99. The van der Waals surface area contributed by atoms with E-state index in [1.807, 2.05) is 25.1 Å². The van der Waals surface area contributed by atoms with Crippen LogP contribution in [0.3, 0.4) is 0 Å². The Labute approximate surface area is 202 Å². The van der Waals surface area contributed by atoms with Crippen LogP contribution in [-0.4, -0.2) is 29.6 Å². The molecule has 0 saturated heterocycles. The summed E-state index contributed by atoms with van der Waals surface area (Å²) in [6, 6.07) is 17.5. The summed E-state index contributed by atoms with van der Waals surface area (Å²) in [4.78, 5) is 34.8. The number of nitro benzene ring substituents is 1. The number of aryl methyl sites for hydroxylation is 1. The Hall–Kier alpha value is -4.53. The predicted octanol–water partition coefficient (Wildman–Crippen LogP) is 4.77. The molecule has 0 unspecified atom stereocenters. The van der Waals surface area contributed by atoms with E-state index in [4.69, 9.17) is 9.47 Å². The van der Waals surface area contributed by atoms with Crippen molar-refractivity contribution in [2.75, 3.05) is 6.61 Å². The van der Waals surface area contributed by atoms with Crippen LogP contribution in [-0.2, 0) is 4.79 Å². The molecule has 35 heavy (non-hydrogen) atoms. The summed E-state index contributed by atoms with van der Waals surface area (Å²) in [5.41, 5.74) is 4.99. The van der Waals surface area contributed by atoms with Crippen molar-refractivity contribution in [2.45, 2.75) is 26.7 Å². The smallest absolute Gasteiger partial charge is 0.343 e. The second-order valence-electron chi connectivity index (χ2n) is 7.99. The molecule has 0 aliphatic heterocycles. The van der Waals surface area contributed by atoms with Crippen molar-refractivity contribution in [3.63, 3.8) is 0 Å². The minimum absolute atomic E-state index is 0.128. The first kappa shape index (κ1) is 25.1. The number of hydrogen-bond donors (Lipinski definition) is 1. The molecule has 3 aromatic carbocycles. The Balaban J connectivity index is 1.57. The number of ether oxygens (including phenoxy) is 2. The number of nitrogens with one attached hydrogen (secondary N) is 1. The van der Waals surface area contributed by atoms with Crippen molar-refractivity contribution < 1.29 is 24.0 Å². The second kappa shape index (κ2) is 11.6. The molecular weight excluding hydrogens is 450 g/mol. The van der Waals surface area contributed by atoms with Gasteiger partial charge in [-0.25, -0.2) is 10.2 Å². The fraction of sp³-hybridized carbons (Fsp3) is 0.192. The summed E-state index contributed by atoms with van der Waals surface area (Å²) in [6.45, 7) is 5.92. The van der Waals surface area contributed by atoms with E-state index in [0.29, 0.717) is 17.2 Å². The van der Waals surface area contributed by atoms with Gasteiger partial charge >= 0.3 is 5.97 Å². The van der Waals surface area contributed by atoms with Gasteiger partial charge < -0.3 is 9.47 Å². The highest BCUT2D eigenvalue weighted by Gasteiger charge is 2.13. The molecular formula is C26H25N3O6. The highest BCUT2D eigenvalue weighted by molar-refractivity contribution is 5.93. The number of carbonyl (C=O) groups is 2. The lowest BCUT2D eigenvalue weighted by molar-refractivity contribution is -0.384. The fourth-order valence-corrected chi connectivity index (χ4v) is 3.10. The lowest BCUT2D eigenvalue weighted by Gasteiger charge is -2.11. The number of nitro groups is 1. The zero-order chi connectivity index (χ0) is 25.4. The molecule has 0 saturated carbocycles. The van der Waals surface area contributed by atoms with Gasteiger partial charge in [-0.1, -0.05) is 38.1 Å². The first-order valence-electron chi connectivity index (χ1n) is 10.9. The monoisotopic (exact) mass is 475 g/mol. The molecule has 0 aromatic heterocycles. The van der Waals surface area contributed by atoms with Gasteiger partial charge in [-0.3, -0.25) is 14.9 Å². The van der Waals surface area contributed by atoms with Gasteiger partial charge in [0.25, 0.3) is 11.6 Å². The van der Waals surface area contributed by atoms with Crippen LogP contribution in [0.4, 0.5) is 5.69 Å². The van der Waals surface area contributed by atoms with Crippen LogP contribution < -0.4 is 14.9 Å². The molecule has 0 spiro atoms. The van der Waals surface area contributed by atoms with E-state index in [0.717, 1.165) is 5.56 Å². The maximum absolute atomic E-state index is 12.4. The lowest BCUT2D eigenvalue weighted by atomic mass is 10.0. The summed E-state index contributed by atoms with van der Waals surface area (Å²) in [5.74, 6) is 0.102. The third-order valence-corrected chi connectivity index (χ3v) is 5.05. The normalized spacial score (nSPS) is 10.9. The van der Waals surface area contributed by atoms with Crippen LogP contribution in [0.25, 0.3) is 0 Å². The highest BCUT2D eigenvalue weighted by atomic mass is 16.6. The molecule has 0 bridgehead atoms. The molecule has 0 fully saturated rings. The molecule has 0 radical (unpaired) electrons. The summed E-state index contributed by atoms with van der Waals surface area (Å²) in [6.07, 6.45) is 1.35. The zero-order valence-corrected chi connectivity index (χ0v) is 19.6. The van der Waals surface area contributed by atoms with Gasteiger partial charge in [-0.05, 0) is 54.3 Å². The van der Waals surface area contributed by atoms with Gasteiger partial charge in [0, 0.05) is 17.7 Å². The summed E-state index contributed by atoms with van der Waals surface area (Å²) >= 11 is 0. The van der Waals surface area contributed by atoms with Crippen LogP contribution >= 0.6 is 0 Å². The van der Waals surface area contributed by atoms with E-state index in [1.165, 1.54) is 36.0 Å². The molecule has 0 aliphatic rings. The van der Waals surface area contributed by atoms with E-state index in [1.54, 1.807) is 24.3 Å². The van der Waals surface area contributed by atoms with Crippen LogP contribution in [0.1, 0.15) is 46.8 Å². The Morgan fingerprint density at radius 2 is 1.77 bits per heavy atom. The van der Waals surface area contributed by atoms with E-state index in [2.05, 4.69) is 24.4 Å². The Bertz CT molecular complexity index is 1250. The van der Waals surface area contributed by atoms with Crippen LogP contribution in [0.5, 0.6) is 11.5 Å². The largest absolute Gasteiger partial charge is 0.483 e. The number of amides is 1. The maximum Gasteiger partial charge on any atom is 0.343 e. The third-order valence-electron chi connectivity index (χ3n) is 5.05. The maximum atomic E-state index is 12.4. The minimum Gasteiger partial charge on any atom is -0.483 e. The predicted molar refractivity (Wildman–Crippen MR) is 131 cm³/mol. The van der Waals surface area contributed by atoms with Crippen molar-refractivity contribution >= 4 is 23.8 Å². The Morgan fingerprint density at radius 3 is 2.43 bits per heavy atom. The summed E-state index contributed by atoms with van der Waals surface area (Å²) in [5, 5.41) is 14.7. The number of hydrogen-bond acceptors (Lipinski definition) is 7. The van der Waals surface area contributed by atoms with Crippen LogP contribution in [0.2, 0.25) is 0 Å². The highest BCUT2D eigenvalue weighted by Crippen LogP contribution is 2.23. The van der Waals surface area contributed by atoms with Crippen molar-refractivity contribution in [1.82, 2.24) is 5.43 Å². The van der Waals surface area contributed by atoms with E-state index in [9.17, 15) is 19.7 Å². The molecule has 0 atom stereocenters. The minimum atomic E-state index is -0.683. The SMILES string of the molecule is Cc1cc(C(C)C)ccc1OCC(=O)N/N=C\c1ccccc1OC(=O)c1ccc([N+](=O)[O-])cc1. The zero-order valence-electron chi connectivity index (χ0n) is 19.6. The summed E-state index contributed by atoms with van der Waals surface area (Å²) < 4.78 is 11.0. The van der Waals surface area contributed by atoms with Gasteiger partial charge in [0.2, 0.25) is 0 Å². The Kier molecular flexibility index (Phi) is 8.29. The number of carbonyl (C=O) groups excluding carboxylic acids is 2. The van der Waals surface area contributed by atoms with E-state index in [-0.39, 0.29) is 23.6 Å². The number of benzene rings is 3. The molecule has 3 aromatic rings. The molecule has 0 heterocycles. The molecule has 180 valence electrons. The fourth-order valence-electron chi connectivity index (χ4n) is 3.10. The Morgan fingerprint density at radius 1 is 1.06 bits per heavy atom. The van der Waals surface area contributed by atoms with E-state index < -0.39 is 16.8 Å². The number of para-hydroxylation sites is 1. The van der Waals surface area contributed by atoms with Crippen molar-refractivity contribution in [3.8, 4) is 11.5 Å². The number of non-ortho nitro benzene ring substituents is 1. The van der Waals surface area contributed by atoms with Gasteiger partial charge in [-0.2, -0.15) is 5.10 Å². The third kappa shape index (κ3) is 6.97. The summed E-state index contributed by atoms with van der Waals surface area (Å²) in [7, 11) is 0. The molecule has 9 heteroatoms. The number of esters is 1. The first-order chi connectivity index (χ1) is 16.7. The van der Waals surface area contributed by atoms with Crippen molar-refractivity contribution in [3.05, 3.63) is 99.1 Å². The average Bonchev–Trinajstić information content (AvgIpc) is 2.84. The van der Waals surface area contributed by atoms with Crippen molar-refractivity contribution in [1.29, 1.82) is 0 Å². The molecule has 1 N–H and O–H groups in total. The van der Waals surface area contributed by atoms with Gasteiger partial charge in [0.1, 0.15) is 11.5 Å². The average molecular weight is 476 g/mol. The lowest BCUT2D eigenvalue weighted by Crippen LogP contribution is -2.24. The quantitative estimate of drug-likeness (QED) is 0.156. The van der Waals surface area contributed by atoms with Crippen LogP contribution in [0.15, 0.2) is 71.8 Å². The number of rotatable bonds is 9. The molecule has 0 aliphatic carbocycles. The number of hydrazone groups is 1. The van der Waals surface area contributed by atoms with E-state index >= 15 is 0 Å².